The monoisotopic (exact) mass is 389 g/mol. The van der Waals surface area contributed by atoms with Crippen molar-refractivity contribution in [2.45, 2.75) is 52.2 Å². The molecule has 3 nitrogen and oxygen atoms in total. The van der Waals surface area contributed by atoms with E-state index in [0.717, 1.165) is 53.7 Å². The van der Waals surface area contributed by atoms with Crippen LogP contribution in [0.15, 0.2) is 66.7 Å². The lowest BCUT2D eigenvalue weighted by atomic mass is 9.98. The van der Waals surface area contributed by atoms with Gasteiger partial charge in [-0.05, 0) is 79.6 Å². The Bertz CT molecular complexity index is 901. The lowest BCUT2D eigenvalue weighted by Crippen LogP contribution is -2.00. The van der Waals surface area contributed by atoms with E-state index < -0.39 is 6.10 Å². The number of benzene rings is 3. The minimum Gasteiger partial charge on any atom is -0.392 e. The summed E-state index contributed by atoms with van der Waals surface area (Å²) in [7, 11) is 0. The summed E-state index contributed by atoms with van der Waals surface area (Å²) in [6.45, 7) is 4.08. The van der Waals surface area contributed by atoms with Crippen molar-refractivity contribution in [1.82, 2.24) is 0 Å². The Kier molecular flexibility index (Phi) is 7.45. The van der Waals surface area contributed by atoms with E-state index in [4.69, 9.17) is 0 Å². The molecule has 0 aliphatic carbocycles. The van der Waals surface area contributed by atoms with Crippen molar-refractivity contribution in [3.8, 4) is 0 Å². The maximum Gasteiger partial charge on any atom is 0.0790 e. The number of hydrogen-bond donors (Lipinski definition) is 3. The molecule has 3 aromatic carbocycles. The van der Waals surface area contributed by atoms with Gasteiger partial charge in [-0.1, -0.05) is 54.4 Å². The molecule has 3 aromatic rings. The van der Waals surface area contributed by atoms with Crippen LogP contribution < -0.4 is 5.32 Å². The third-order valence-electron chi connectivity index (χ3n) is 5.42. The van der Waals surface area contributed by atoms with Gasteiger partial charge in [-0.15, -0.1) is 0 Å². The second-order valence-electron chi connectivity index (χ2n) is 7.79. The summed E-state index contributed by atoms with van der Waals surface area (Å²) < 4.78 is 0. The molecule has 0 amide bonds. The third-order valence-corrected chi connectivity index (χ3v) is 5.42. The zero-order valence-electron chi connectivity index (χ0n) is 17.4. The lowest BCUT2D eigenvalue weighted by Gasteiger charge is -2.13. The molecular formula is C26H31NO2. The first-order chi connectivity index (χ1) is 14.0. The van der Waals surface area contributed by atoms with Crippen LogP contribution in [0.3, 0.4) is 0 Å². The number of unbranched alkanes of at least 4 members (excludes halogenated alkanes) is 1. The molecule has 0 heterocycles. The molecule has 3 heteroatoms. The normalized spacial score (nSPS) is 12.0. The Morgan fingerprint density at radius 1 is 0.828 bits per heavy atom. The first-order valence-corrected chi connectivity index (χ1v) is 10.4. The van der Waals surface area contributed by atoms with Crippen molar-refractivity contribution in [3.63, 3.8) is 0 Å². The van der Waals surface area contributed by atoms with Crippen LogP contribution in [0.25, 0.3) is 0 Å². The highest BCUT2D eigenvalue weighted by Gasteiger charge is 2.09. The van der Waals surface area contributed by atoms with Gasteiger partial charge in [0.1, 0.15) is 0 Å². The minimum absolute atomic E-state index is 0.0150. The van der Waals surface area contributed by atoms with Crippen LogP contribution >= 0.6 is 0 Å². The molecule has 0 aromatic heterocycles. The first kappa shape index (κ1) is 21.1. The molecule has 0 aliphatic rings. The Balaban J connectivity index is 1.44. The van der Waals surface area contributed by atoms with Gasteiger partial charge in [0, 0.05) is 11.4 Å². The second kappa shape index (κ2) is 10.2. The van der Waals surface area contributed by atoms with E-state index in [1.807, 2.05) is 25.1 Å². The van der Waals surface area contributed by atoms with Crippen LogP contribution in [0.1, 0.15) is 53.2 Å². The SMILES string of the molecule is Cc1ccc(Nc2ccc(CCCCC(O)c3ccc(C)c(CO)c3)cc2)cc1. The van der Waals surface area contributed by atoms with Gasteiger partial charge in [-0.25, -0.2) is 0 Å². The summed E-state index contributed by atoms with van der Waals surface area (Å²) in [5.74, 6) is 0. The van der Waals surface area contributed by atoms with E-state index in [2.05, 4.69) is 60.8 Å². The minimum atomic E-state index is -0.470. The first-order valence-electron chi connectivity index (χ1n) is 10.4. The standard InChI is InChI=1S/C26H31NO2/c1-19-7-13-24(14-8-19)27-25-15-10-21(11-16-25)5-3-4-6-26(29)22-12-9-20(2)23(17-22)18-28/h7-17,26-29H,3-6,18H2,1-2H3. The molecule has 0 bridgehead atoms. The van der Waals surface area contributed by atoms with E-state index in [1.165, 1.54) is 11.1 Å². The topological polar surface area (TPSA) is 52.5 Å². The largest absolute Gasteiger partial charge is 0.392 e. The number of anilines is 2. The van der Waals surface area contributed by atoms with Gasteiger partial charge in [0.25, 0.3) is 0 Å². The summed E-state index contributed by atoms with van der Waals surface area (Å²) >= 11 is 0. The van der Waals surface area contributed by atoms with Crippen LogP contribution in [0.5, 0.6) is 0 Å². The molecule has 0 aliphatic heterocycles. The van der Waals surface area contributed by atoms with E-state index in [-0.39, 0.29) is 6.61 Å². The highest BCUT2D eigenvalue weighted by Crippen LogP contribution is 2.23. The Morgan fingerprint density at radius 3 is 2.14 bits per heavy atom. The van der Waals surface area contributed by atoms with Crippen molar-refractivity contribution in [1.29, 1.82) is 0 Å². The predicted octanol–water partition coefficient (Wildman–Crippen LogP) is 5.99. The van der Waals surface area contributed by atoms with E-state index in [9.17, 15) is 10.2 Å². The number of aryl methyl sites for hydroxylation is 3. The smallest absolute Gasteiger partial charge is 0.0790 e. The molecule has 0 saturated carbocycles. The summed E-state index contributed by atoms with van der Waals surface area (Å²) in [6.07, 6.45) is 3.28. The highest BCUT2D eigenvalue weighted by atomic mass is 16.3. The molecule has 3 N–H and O–H groups in total. The average Bonchev–Trinajstić information content (AvgIpc) is 2.74. The van der Waals surface area contributed by atoms with Crippen LogP contribution in [-0.4, -0.2) is 10.2 Å². The number of aliphatic hydroxyl groups excluding tert-OH is 2. The van der Waals surface area contributed by atoms with Crippen molar-refractivity contribution in [2.75, 3.05) is 5.32 Å². The van der Waals surface area contributed by atoms with Crippen molar-refractivity contribution in [3.05, 3.63) is 94.5 Å². The van der Waals surface area contributed by atoms with Gasteiger partial charge < -0.3 is 15.5 Å². The van der Waals surface area contributed by atoms with Gasteiger partial charge in [-0.2, -0.15) is 0 Å². The molecule has 1 unspecified atom stereocenters. The maximum absolute atomic E-state index is 10.4. The van der Waals surface area contributed by atoms with E-state index >= 15 is 0 Å². The van der Waals surface area contributed by atoms with Gasteiger partial charge in [0.2, 0.25) is 0 Å². The molecule has 1 atom stereocenters. The zero-order chi connectivity index (χ0) is 20.6. The molecule has 29 heavy (non-hydrogen) atoms. The zero-order valence-corrected chi connectivity index (χ0v) is 17.4. The number of rotatable bonds is 9. The predicted molar refractivity (Wildman–Crippen MR) is 121 cm³/mol. The fourth-order valence-electron chi connectivity index (χ4n) is 3.46. The van der Waals surface area contributed by atoms with Crippen LogP contribution in [0.2, 0.25) is 0 Å². The maximum atomic E-state index is 10.4. The molecule has 0 saturated heterocycles. The number of hydrogen-bond acceptors (Lipinski definition) is 3. The molecule has 152 valence electrons. The van der Waals surface area contributed by atoms with Crippen LogP contribution in [-0.2, 0) is 13.0 Å². The molecule has 3 rings (SSSR count). The average molecular weight is 390 g/mol. The molecular weight excluding hydrogens is 358 g/mol. The Hall–Kier alpha value is -2.62. The highest BCUT2D eigenvalue weighted by molar-refractivity contribution is 5.60. The van der Waals surface area contributed by atoms with Crippen molar-refractivity contribution >= 4 is 11.4 Å². The Morgan fingerprint density at radius 2 is 1.48 bits per heavy atom. The Labute approximate surface area is 174 Å². The van der Waals surface area contributed by atoms with Gasteiger partial charge in [0.05, 0.1) is 12.7 Å². The van der Waals surface area contributed by atoms with E-state index in [0.29, 0.717) is 0 Å². The summed E-state index contributed by atoms with van der Waals surface area (Å²) in [6, 6.07) is 22.8. The number of nitrogens with one attached hydrogen (secondary N) is 1. The fourth-order valence-corrected chi connectivity index (χ4v) is 3.46. The second-order valence-corrected chi connectivity index (χ2v) is 7.79. The molecule has 0 fully saturated rings. The summed E-state index contributed by atoms with van der Waals surface area (Å²) in [4.78, 5) is 0. The van der Waals surface area contributed by atoms with Crippen LogP contribution in [0.4, 0.5) is 11.4 Å². The van der Waals surface area contributed by atoms with Crippen LogP contribution in [0, 0.1) is 13.8 Å². The lowest BCUT2D eigenvalue weighted by molar-refractivity contribution is 0.163. The molecule has 0 spiro atoms. The van der Waals surface area contributed by atoms with Gasteiger partial charge >= 0.3 is 0 Å². The quantitative estimate of drug-likeness (QED) is 0.394. The molecule has 0 radical (unpaired) electrons. The summed E-state index contributed by atoms with van der Waals surface area (Å²) in [5.41, 5.74) is 7.60. The van der Waals surface area contributed by atoms with Crippen molar-refractivity contribution in [2.24, 2.45) is 0 Å². The van der Waals surface area contributed by atoms with Gasteiger partial charge in [0.15, 0.2) is 0 Å². The van der Waals surface area contributed by atoms with Gasteiger partial charge in [-0.3, -0.25) is 0 Å². The van der Waals surface area contributed by atoms with Crippen molar-refractivity contribution < 1.29 is 10.2 Å². The third kappa shape index (κ3) is 6.18. The number of aliphatic hydroxyl groups is 2. The van der Waals surface area contributed by atoms with E-state index in [1.54, 1.807) is 0 Å². The summed E-state index contributed by atoms with van der Waals surface area (Å²) in [5, 5.41) is 23.2. The fraction of sp³-hybridized carbons (Fsp3) is 0.308.